The number of rotatable bonds is 7. The third kappa shape index (κ3) is 5.41. The standard InChI is InChI=1S/C16H27N3OS/c1-19(2)14(15-6-4-10-21-15)12-18-16(20)8-7-13-5-3-9-17-11-13/h4,6,10,13-14,17H,3,5,7-9,11-12H2,1-2H3,(H,18,20). The average Bonchev–Trinajstić information content (AvgIpc) is 3.00. The molecule has 0 bridgehead atoms. The number of piperidine rings is 1. The lowest BCUT2D eigenvalue weighted by Crippen LogP contribution is -2.35. The van der Waals surface area contributed by atoms with E-state index in [1.165, 1.54) is 17.7 Å². The fraction of sp³-hybridized carbons (Fsp3) is 0.688. The van der Waals surface area contributed by atoms with Gasteiger partial charge in [-0.1, -0.05) is 6.07 Å². The molecule has 2 unspecified atom stereocenters. The molecule has 0 aliphatic carbocycles. The highest BCUT2D eigenvalue weighted by Gasteiger charge is 2.17. The summed E-state index contributed by atoms with van der Waals surface area (Å²) in [5.41, 5.74) is 0. The van der Waals surface area contributed by atoms with Crippen LogP contribution in [0.2, 0.25) is 0 Å². The molecule has 1 fully saturated rings. The second-order valence-electron chi connectivity index (χ2n) is 6.05. The van der Waals surface area contributed by atoms with Gasteiger partial charge in [-0.15, -0.1) is 11.3 Å². The Morgan fingerprint density at radius 2 is 2.43 bits per heavy atom. The van der Waals surface area contributed by atoms with E-state index in [1.807, 2.05) is 0 Å². The van der Waals surface area contributed by atoms with Crippen molar-refractivity contribution in [2.75, 3.05) is 33.7 Å². The van der Waals surface area contributed by atoms with Crippen LogP contribution in [0.3, 0.4) is 0 Å². The predicted molar refractivity (Wildman–Crippen MR) is 88.6 cm³/mol. The summed E-state index contributed by atoms with van der Waals surface area (Å²) in [5, 5.41) is 8.59. The van der Waals surface area contributed by atoms with Gasteiger partial charge in [-0.25, -0.2) is 0 Å². The quantitative estimate of drug-likeness (QED) is 0.812. The van der Waals surface area contributed by atoms with E-state index in [0.717, 1.165) is 19.5 Å². The van der Waals surface area contributed by atoms with Crippen molar-refractivity contribution in [2.45, 2.75) is 31.7 Å². The summed E-state index contributed by atoms with van der Waals surface area (Å²) in [6, 6.07) is 4.47. The molecule has 1 aromatic rings. The van der Waals surface area contributed by atoms with Crippen molar-refractivity contribution in [3.63, 3.8) is 0 Å². The molecule has 1 aliphatic rings. The second-order valence-corrected chi connectivity index (χ2v) is 7.03. The molecule has 1 aromatic heterocycles. The zero-order valence-electron chi connectivity index (χ0n) is 13.1. The largest absolute Gasteiger partial charge is 0.354 e. The lowest BCUT2D eigenvalue weighted by molar-refractivity contribution is -0.121. The minimum Gasteiger partial charge on any atom is -0.354 e. The number of nitrogens with zero attached hydrogens (tertiary/aromatic N) is 1. The van der Waals surface area contributed by atoms with Gasteiger partial charge in [0.05, 0.1) is 6.04 Å². The average molecular weight is 309 g/mol. The van der Waals surface area contributed by atoms with E-state index in [9.17, 15) is 4.79 Å². The van der Waals surface area contributed by atoms with Gasteiger partial charge in [-0.2, -0.15) is 0 Å². The predicted octanol–water partition coefficient (Wildman–Crippen LogP) is 2.25. The summed E-state index contributed by atoms with van der Waals surface area (Å²) in [5.74, 6) is 0.857. The minimum atomic E-state index is 0.184. The van der Waals surface area contributed by atoms with Gasteiger partial charge in [0.15, 0.2) is 0 Å². The van der Waals surface area contributed by atoms with E-state index in [4.69, 9.17) is 0 Å². The Morgan fingerprint density at radius 1 is 1.57 bits per heavy atom. The fourth-order valence-corrected chi connectivity index (χ4v) is 3.75. The molecule has 21 heavy (non-hydrogen) atoms. The van der Waals surface area contributed by atoms with Gasteiger partial charge in [0, 0.05) is 17.8 Å². The van der Waals surface area contributed by atoms with Crippen LogP contribution in [-0.2, 0) is 4.79 Å². The molecule has 0 spiro atoms. The van der Waals surface area contributed by atoms with Crippen molar-refractivity contribution in [2.24, 2.45) is 5.92 Å². The summed E-state index contributed by atoms with van der Waals surface area (Å²) in [4.78, 5) is 15.5. The summed E-state index contributed by atoms with van der Waals surface area (Å²) >= 11 is 1.75. The van der Waals surface area contributed by atoms with Crippen LogP contribution in [0.4, 0.5) is 0 Å². The maximum Gasteiger partial charge on any atom is 0.220 e. The molecule has 0 aromatic carbocycles. The molecule has 5 heteroatoms. The Bertz CT molecular complexity index is 413. The van der Waals surface area contributed by atoms with Gasteiger partial charge in [0.25, 0.3) is 0 Å². The van der Waals surface area contributed by atoms with E-state index in [1.54, 1.807) is 11.3 Å². The van der Waals surface area contributed by atoms with Crippen LogP contribution in [0.5, 0.6) is 0 Å². The number of amides is 1. The highest BCUT2D eigenvalue weighted by atomic mass is 32.1. The van der Waals surface area contributed by atoms with Crippen LogP contribution < -0.4 is 10.6 Å². The smallest absolute Gasteiger partial charge is 0.220 e. The van der Waals surface area contributed by atoms with Crippen molar-refractivity contribution < 1.29 is 4.79 Å². The molecular formula is C16H27N3OS. The zero-order chi connectivity index (χ0) is 15.1. The molecule has 2 heterocycles. The minimum absolute atomic E-state index is 0.184. The Labute approximate surface area is 131 Å². The van der Waals surface area contributed by atoms with E-state index in [0.29, 0.717) is 18.9 Å². The number of carbonyl (C=O) groups is 1. The lowest BCUT2D eigenvalue weighted by Gasteiger charge is -2.24. The highest BCUT2D eigenvalue weighted by molar-refractivity contribution is 7.10. The topological polar surface area (TPSA) is 44.4 Å². The van der Waals surface area contributed by atoms with Crippen LogP contribution in [0, 0.1) is 5.92 Å². The number of nitrogens with one attached hydrogen (secondary N) is 2. The number of hydrogen-bond donors (Lipinski definition) is 2. The lowest BCUT2D eigenvalue weighted by atomic mass is 9.94. The highest BCUT2D eigenvalue weighted by Crippen LogP contribution is 2.22. The summed E-state index contributed by atoms with van der Waals surface area (Å²) in [7, 11) is 4.12. The summed E-state index contributed by atoms with van der Waals surface area (Å²) in [6.07, 6.45) is 4.16. The van der Waals surface area contributed by atoms with Gasteiger partial charge in [0.2, 0.25) is 5.91 Å². The first kappa shape index (κ1) is 16.5. The maximum atomic E-state index is 12.0. The van der Waals surface area contributed by atoms with E-state index < -0.39 is 0 Å². The van der Waals surface area contributed by atoms with Crippen LogP contribution in [0.15, 0.2) is 17.5 Å². The number of likely N-dealkylation sites (N-methyl/N-ethyl adjacent to an activating group) is 1. The molecule has 1 saturated heterocycles. The number of thiophene rings is 1. The van der Waals surface area contributed by atoms with Crippen molar-refractivity contribution in [1.29, 1.82) is 0 Å². The number of hydrogen-bond acceptors (Lipinski definition) is 4. The SMILES string of the molecule is CN(C)C(CNC(=O)CCC1CCCNC1)c1cccs1. The first-order chi connectivity index (χ1) is 10.2. The molecule has 2 N–H and O–H groups in total. The van der Waals surface area contributed by atoms with Crippen molar-refractivity contribution in [3.8, 4) is 0 Å². The third-order valence-corrected chi connectivity index (χ3v) is 5.14. The van der Waals surface area contributed by atoms with E-state index >= 15 is 0 Å². The van der Waals surface area contributed by atoms with E-state index in [2.05, 4.69) is 47.1 Å². The zero-order valence-corrected chi connectivity index (χ0v) is 13.9. The van der Waals surface area contributed by atoms with Crippen LogP contribution in [0.25, 0.3) is 0 Å². The maximum absolute atomic E-state index is 12.0. The second kappa shape index (κ2) is 8.51. The first-order valence-corrected chi connectivity index (χ1v) is 8.72. The van der Waals surface area contributed by atoms with Gasteiger partial charge in [0.1, 0.15) is 0 Å². The Morgan fingerprint density at radius 3 is 3.05 bits per heavy atom. The fourth-order valence-electron chi connectivity index (χ4n) is 2.82. The Kier molecular flexibility index (Phi) is 6.67. The first-order valence-electron chi connectivity index (χ1n) is 7.84. The summed E-state index contributed by atoms with van der Waals surface area (Å²) in [6.45, 7) is 2.89. The van der Waals surface area contributed by atoms with Gasteiger partial charge in [-0.05, 0) is 63.8 Å². The number of carbonyl (C=O) groups excluding carboxylic acids is 1. The van der Waals surface area contributed by atoms with Gasteiger partial charge in [-0.3, -0.25) is 4.79 Å². The van der Waals surface area contributed by atoms with Gasteiger partial charge < -0.3 is 15.5 Å². The normalized spacial score (nSPS) is 20.4. The molecular weight excluding hydrogens is 282 g/mol. The van der Waals surface area contributed by atoms with Gasteiger partial charge >= 0.3 is 0 Å². The summed E-state index contributed by atoms with van der Waals surface area (Å²) < 4.78 is 0. The van der Waals surface area contributed by atoms with Crippen molar-refractivity contribution in [3.05, 3.63) is 22.4 Å². The molecule has 2 atom stereocenters. The molecule has 118 valence electrons. The van der Waals surface area contributed by atoms with E-state index in [-0.39, 0.29) is 11.9 Å². The van der Waals surface area contributed by atoms with Crippen molar-refractivity contribution >= 4 is 17.2 Å². The molecule has 1 aliphatic heterocycles. The Balaban J connectivity index is 1.71. The Hall–Kier alpha value is -0.910. The van der Waals surface area contributed by atoms with Crippen LogP contribution >= 0.6 is 11.3 Å². The van der Waals surface area contributed by atoms with Crippen LogP contribution in [-0.4, -0.2) is 44.5 Å². The molecule has 0 saturated carbocycles. The molecule has 2 rings (SSSR count). The third-order valence-electron chi connectivity index (χ3n) is 4.17. The monoisotopic (exact) mass is 309 g/mol. The van der Waals surface area contributed by atoms with Crippen LogP contribution in [0.1, 0.15) is 36.6 Å². The molecule has 1 amide bonds. The molecule has 0 radical (unpaired) electrons. The molecule has 4 nitrogen and oxygen atoms in total. The van der Waals surface area contributed by atoms with Crippen molar-refractivity contribution in [1.82, 2.24) is 15.5 Å².